The van der Waals surface area contributed by atoms with E-state index in [0.29, 0.717) is 11.8 Å². The molecule has 1 heterocycles. The Morgan fingerprint density at radius 1 is 1.40 bits per heavy atom. The van der Waals surface area contributed by atoms with Crippen molar-refractivity contribution in [3.8, 4) is 0 Å². The summed E-state index contributed by atoms with van der Waals surface area (Å²) in [5.41, 5.74) is 0. The van der Waals surface area contributed by atoms with Gasteiger partial charge in [0.05, 0.1) is 6.26 Å². The lowest BCUT2D eigenvalue weighted by Crippen LogP contribution is -2.45. The first kappa shape index (κ1) is 14.6. The van der Waals surface area contributed by atoms with Gasteiger partial charge in [-0.05, 0) is 30.4 Å². The number of ether oxygens (including phenoxy) is 1. The molecule has 1 saturated carbocycles. The van der Waals surface area contributed by atoms with E-state index in [1.54, 1.807) is 6.07 Å². The molecule has 0 spiro atoms. The van der Waals surface area contributed by atoms with Gasteiger partial charge in [0.25, 0.3) is 5.91 Å². The predicted octanol–water partition coefficient (Wildman–Crippen LogP) is 2.38. The summed E-state index contributed by atoms with van der Waals surface area (Å²) in [6.45, 7) is 4.10. The van der Waals surface area contributed by atoms with Crippen LogP contribution in [0.1, 0.15) is 43.7 Å². The second-order valence-corrected chi connectivity index (χ2v) is 5.49. The molecular formula is C15H21NO4. The van der Waals surface area contributed by atoms with Crippen LogP contribution in [0.2, 0.25) is 0 Å². The summed E-state index contributed by atoms with van der Waals surface area (Å²) in [6, 6.07) is 3.28. The minimum absolute atomic E-state index is 0.109. The Balaban J connectivity index is 1.76. The summed E-state index contributed by atoms with van der Waals surface area (Å²) in [4.78, 5) is 23.3. The Morgan fingerprint density at radius 3 is 2.90 bits per heavy atom. The van der Waals surface area contributed by atoms with Gasteiger partial charge in [0.1, 0.15) is 0 Å². The zero-order valence-corrected chi connectivity index (χ0v) is 11.9. The molecule has 1 aromatic heterocycles. The molecule has 1 aliphatic carbocycles. The van der Waals surface area contributed by atoms with Crippen molar-refractivity contribution < 1.29 is 18.7 Å². The summed E-state index contributed by atoms with van der Waals surface area (Å²) in [6.07, 6.45) is 4.72. The van der Waals surface area contributed by atoms with Crippen molar-refractivity contribution in [2.75, 3.05) is 6.61 Å². The largest absolute Gasteiger partial charge is 0.457 e. The van der Waals surface area contributed by atoms with Crippen LogP contribution in [0.25, 0.3) is 0 Å². The summed E-state index contributed by atoms with van der Waals surface area (Å²) < 4.78 is 9.81. The number of carbonyl (C=O) groups is 2. The van der Waals surface area contributed by atoms with Crippen molar-refractivity contribution in [2.45, 2.75) is 39.2 Å². The first-order valence-corrected chi connectivity index (χ1v) is 7.08. The maximum absolute atomic E-state index is 11.8. The Bertz CT molecular complexity index is 454. The first-order valence-electron chi connectivity index (χ1n) is 7.08. The predicted molar refractivity (Wildman–Crippen MR) is 73.1 cm³/mol. The quantitative estimate of drug-likeness (QED) is 0.859. The van der Waals surface area contributed by atoms with Gasteiger partial charge < -0.3 is 14.5 Å². The van der Waals surface area contributed by atoms with E-state index in [9.17, 15) is 9.59 Å². The van der Waals surface area contributed by atoms with Gasteiger partial charge in [0.2, 0.25) is 5.76 Å². The van der Waals surface area contributed by atoms with E-state index < -0.39 is 5.97 Å². The van der Waals surface area contributed by atoms with E-state index in [4.69, 9.17) is 9.15 Å². The van der Waals surface area contributed by atoms with E-state index in [1.165, 1.54) is 18.8 Å². The highest BCUT2D eigenvalue weighted by Gasteiger charge is 2.28. The van der Waals surface area contributed by atoms with Crippen molar-refractivity contribution in [2.24, 2.45) is 11.8 Å². The molecule has 0 radical (unpaired) electrons. The lowest BCUT2D eigenvalue weighted by atomic mass is 9.78. The molecule has 0 bridgehead atoms. The van der Waals surface area contributed by atoms with Gasteiger partial charge in [-0.25, -0.2) is 4.79 Å². The maximum atomic E-state index is 11.8. The molecule has 110 valence electrons. The van der Waals surface area contributed by atoms with Gasteiger partial charge in [0.15, 0.2) is 6.61 Å². The molecule has 0 aliphatic heterocycles. The third-order valence-electron chi connectivity index (χ3n) is 4.11. The molecule has 1 aliphatic rings. The van der Waals surface area contributed by atoms with Crippen LogP contribution in [0, 0.1) is 11.8 Å². The lowest BCUT2D eigenvalue weighted by molar-refractivity contribution is -0.125. The van der Waals surface area contributed by atoms with Crippen molar-refractivity contribution in [1.82, 2.24) is 5.32 Å². The Labute approximate surface area is 118 Å². The van der Waals surface area contributed by atoms with Crippen molar-refractivity contribution in [3.05, 3.63) is 24.2 Å². The van der Waals surface area contributed by atoms with Crippen LogP contribution in [0.3, 0.4) is 0 Å². The van der Waals surface area contributed by atoms with Crippen LogP contribution < -0.4 is 5.32 Å². The van der Waals surface area contributed by atoms with Gasteiger partial charge in [-0.2, -0.15) is 0 Å². The van der Waals surface area contributed by atoms with Crippen LogP contribution in [-0.4, -0.2) is 24.5 Å². The number of hydrogen-bond donors (Lipinski definition) is 1. The fraction of sp³-hybridized carbons (Fsp3) is 0.600. The number of carbonyl (C=O) groups excluding carboxylic acids is 2. The monoisotopic (exact) mass is 279 g/mol. The minimum Gasteiger partial charge on any atom is -0.457 e. The van der Waals surface area contributed by atoms with Crippen molar-refractivity contribution >= 4 is 11.9 Å². The number of nitrogens with one attached hydrogen (secondary N) is 1. The van der Waals surface area contributed by atoms with Crippen LogP contribution in [0.5, 0.6) is 0 Å². The molecular weight excluding hydrogens is 258 g/mol. The number of esters is 1. The Kier molecular flexibility index (Phi) is 4.82. The standard InChI is InChI=1S/C15H21NO4/c1-10-5-3-6-12(11(10)2)16-14(17)9-20-15(18)13-7-4-8-19-13/h4,7-8,10-12H,3,5-6,9H2,1-2H3,(H,16,17)/t10-,11+,12-/m0/s1. The number of amides is 1. The molecule has 1 amide bonds. The number of hydrogen-bond acceptors (Lipinski definition) is 4. The third-order valence-corrected chi connectivity index (χ3v) is 4.11. The van der Waals surface area contributed by atoms with E-state index in [-0.39, 0.29) is 24.3 Å². The average molecular weight is 279 g/mol. The maximum Gasteiger partial charge on any atom is 0.374 e. The highest BCUT2D eigenvalue weighted by atomic mass is 16.5. The number of furan rings is 1. The topological polar surface area (TPSA) is 68.5 Å². The van der Waals surface area contributed by atoms with Crippen molar-refractivity contribution in [1.29, 1.82) is 0 Å². The molecule has 1 aromatic rings. The molecule has 1 fully saturated rings. The van der Waals surface area contributed by atoms with Gasteiger partial charge in [0, 0.05) is 6.04 Å². The highest BCUT2D eigenvalue weighted by Crippen LogP contribution is 2.29. The van der Waals surface area contributed by atoms with E-state index in [0.717, 1.165) is 12.8 Å². The fourth-order valence-electron chi connectivity index (χ4n) is 2.63. The summed E-state index contributed by atoms with van der Waals surface area (Å²) in [5, 5.41) is 2.95. The Morgan fingerprint density at radius 2 is 2.20 bits per heavy atom. The van der Waals surface area contributed by atoms with Crippen LogP contribution in [0.15, 0.2) is 22.8 Å². The van der Waals surface area contributed by atoms with Crippen LogP contribution in [-0.2, 0) is 9.53 Å². The smallest absolute Gasteiger partial charge is 0.374 e. The van der Waals surface area contributed by atoms with Crippen LogP contribution >= 0.6 is 0 Å². The third kappa shape index (κ3) is 3.62. The highest BCUT2D eigenvalue weighted by molar-refractivity contribution is 5.88. The SMILES string of the molecule is C[C@H]1[C@@H](NC(=O)COC(=O)c2ccco2)CCC[C@@H]1C. The van der Waals surface area contributed by atoms with E-state index in [2.05, 4.69) is 19.2 Å². The molecule has 0 aromatic carbocycles. The molecule has 20 heavy (non-hydrogen) atoms. The zero-order chi connectivity index (χ0) is 14.5. The lowest BCUT2D eigenvalue weighted by Gasteiger charge is -2.34. The first-order chi connectivity index (χ1) is 9.58. The molecule has 1 N–H and O–H groups in total. The molecule has 5 heteroatoms. The van der Waals surface area contributed by atoms with Gasteiger partial charge in [-0.15, -0.1) is 0 Å². The molecule has 0 saturated heterocycles. The van der Waals surface area contributed by atoms with Gasteiger partial charge in [-0.3, -0.25) is 4.79 Å². The minimum atomic E-state index is -0.616. The molecule has 3 atom stereocenters. The van der Waals surface area contributed by atoms with Gasteiger partial charge in [-0.1, -0.05) is 26.7 Å². The second kappa shape index (κ2) is 6.59. The average Bonchev–Trinajstić information content (AvgIpc) is 2.95. The van der Waals surface area contributed by atoms with E-state index >= 15 is 0 Å². The fourth-order valence-corrected chi connectivity index (χ4v) is 2.63. The molecule has 2 rings (SSSR count). The Hall–Kier alpha value is -1.78. The summed E-state index contributed by atoms with van der Waals surface area (Å²) >= 11 is 0. The summed E-state index contributed by atoms with van der Waals surface area (Å²) in [5.74, 6) is 0.303. The molecule has 5 nitrogen and oxygen atoms in total. The van der Waals surface area contributed by atoms with Gasteiger partial charge >= 0.3 is 5.97 Å². The second-order valence-electron chi connectivity index (χ2n) is 5.49. The van der Waals surface area contributed by atoms with Crippen molar-refractivity contribution in [3.63, 3.8) is 0 Å². The normalized spacial score (nSPS) is 26.0. The molecule has 0 unspecified atom stereocenters. The van der Waals surface area contributed by atoms with Crippen LogP contribution in [0.4, 0.5) is 0 Å². The zero-order valence-electron chi connectivity index (χ0n) is 11.9. The van der Waals surface area contributed by atoms with E-state index in [1.807, 2.05) is 0 Å². The number of rotatable bonds is 4. The summed E-state index contributed by atoms with van der Waals surface area (Å²) in [7, 11) is 0.